The molecular weight excluding hydrogens is 346 g/mol. The molecule has 0 spiro atoms. The highest BCUT2D eigenvalue weighted by Crippen LogP contribution is 2.29. The fourth-order valence-electron chi connectivity index (χ4n) is 1.52. The topological polar surface area (TPSA) is 0 Å². The molecule has 0 amide bonds. The molecule has 2 aromatic carbocycles. The summed E-state index contributed by atoms with van der Waals surface area (Å²) in [6.07, 6.45) is 0.736. The molecule has 0 saturated heterocycles. The van der Waals surface area contributed by atoms with E-state index < -0.39 is 0 Å². The van der Waals surface area contributed by atoms with Gasteiger partial charge in [-0.25, -0.2) is 4.39 Å². The Morgan fingerprint density at radius 2 is 1.71 bits per heavy atom. The van der Waals surface area contributed by atoms with Crippen LogP contribution in [0.1, 0.15) is 12.5 Å². The average Bonchev–Trinajstić information content (AvgIpc) is 2.32. The fourth-order valence-corrected chi connectivity index (χ4v) is 2.72. The quantitative estimate of drug-likeness (QED) is 0.685. The van der Waals surface area contributed by atoms with Crippen LogP contribution in [-0.2, 0) is 6.42 Å². The van der Waals surface area contributed by atoms with Gasteiger partial charge >= 0.3 is 0 Å². The van der Waals surface area contributed by atoms with Crippen molar-refractivity contribution in [3.05, 3.63) is 57.4 Å². The molecule has 0 N–H and O–H groups in total. The standard InChI is InChI=1S/C14H12FIS/c1-2-10-3-6-13(9-14(10)15)17-12-7-4-11(16)5-8-12/h3-9H,2H2,1H3. The third kappa shape index (κ3) is 3.45. The maximum absolute atomic E-state index is 13.6. The summed E-state index contributed by atoms with van der Waals surface area (Å²) < 4.78 is 14.8. The second-order valence-electron chi connectivity index (χ2n) is 3.66. The normalized spacial score (nSPS) is 10.5. The highest BCUT2D eigenvalue weighted by atomic mass is 127. The zero-order valence-corrected chi connectivity index (χ0v) is 12.4. The van der Waals surface area contributed by atoms with Crippen LogP contribution in [0, 0.1) is 9.39 Å². The lowest BCUT2D eigenvalue weighted by Gasteiger charge is -2.04. The summed E-state index contributed by atoms with van der Waals surface area (Å²) in [5.74, 6) is -0.108. The maximum atomic E-state index is 13.6. The zero-order valence-electron chi connectivity index (χ0n) is 9.41. The molecule has 0 heterocycles. The number of aryl methyl sites for hydroxylation is 1. The van der Waals surface area contributed by atoms with E-state index in [1.807, 2.05) is 19.1 Å². The zero-order chi connectivity index (χ0) is 12.3. The molecule has 0 aliphatic heterocycles. The second-order valence-corrected chi connectivity index (χ2v) is 6.06. The third-order valence-corrected chi connectivity index (χ3v) is 4.17. The molecule has 0 radical (unpaired) electrons. The van der Waals surface area contributed by atoms with Crippen LogP contribution in [0.4, 0.5) is 4.39 Å². The van der Waals surface area contributed by atoms with Crippen LogP contribution in [0.3, 0.4) is 0 Å². The molecule has 0 nitrogen and oxygen atoms in total. The minimum atomic E-state index is -0.108. The maximum Gasteiger partial charge on any atom is 0.127 e. The smallest absolute Gasteiger partial charge is 0.127 e. The lowest BCUT2D eigenvalue weighted by Crippen LogP contribution is -1.87. The Balaban J connectivity index is 2.19. The Hall–Kier alpha value is -0.550. The Morgan fingerprint density at radius 1 is 1.06 bits per heavy atom. The average molecular weight is 358 g/mol. The Kier molecular flexibility index (Phi) is 4.45. The van der Waals surface area contributed by atoms with Crippen LogP contribution in [0.25, 0.3) is 0 Å². The molecule has 0 unspecified atom stereocenters. The number of hydrogen-bond donors (Lipinski definition) is 0. The lowest BCUT2D eigenvalue weighted by molar-refractivity contribution is 0.608. The highest BCUT2D eigenvalue weighted by Gasteiger charge is 2.03. The van der Waals surface area contributed by atoms with Crippen LogP contribution in [0.2, 0.25) is 0 Å². The van der Waals surface area contributed by atoms with Crippen molar-refractivity contribution >= 4 is 34.4 Å². The predicted octanol–water partition coefficient (Wildman–Crippen LogP) is 5.14. The van der Waals surface area contributed by atoms with Gasteiger partial charge in [0.25, 0.3) is 0 Å². The minimum Gasteiger partial charge on any atom is -0.207 e. The van der Waals surface area contributed by atoms with Gasteiger partial charge in [0, 0.05) is 13.4 Å². The molecule has 0 saturated carbocycles. The Labute approximate surface area is 119 Å². The van der Waals surface area contributed by atoms with E-state index in [2.05, 4.69) is 46.9 Å². The van der Waals surface area contributed by atoms with E-state index in [0.29, 0.717) is 0 Å². The van der Waals surface area contributed by atoms with Crippen LogP contribution in [0.15, 0.2) is 52.3 Å². The van der Waals surface area contributed by atoms with Crippen molar-refractivity contribution in [3.63, 3.8) is 0 Å². The molecule has 88 valence electrons. The molecule has 0 fully saturated rings. The van der Waals surface area contributed by atoms with Gasteiger partial charge in [-0.15, -0.1) is 0 Å². The number of halogens is 2. The van der Waals surface area contributed by atoms with E-state index in [1.165, 1.54) is 3.57 Å². The first-order valence-electron chi connectivity index (χ1n) is 5.41. The van der Waals surface area contributed by atoms with Crippen molar-refractivity contribution in [1.82, 2.24) is 0 Å². The highest BCUT2D eigenvalue weighted by molar-refractivity contribution is 14.1. The monoisotopic (exact) mass is 358 g/mol. The van der Waals surface area contributed by atoms with Gasteiger partial charge in [0.1, 0.15) is 5.82 Å². The molecule has 17 heavy (non-hydrogen) atoms. The van der Waals surface area contributed by atoms with Crippen molar-refractivity contribution in [2.75, 3.05) is 0 Å². The largest absolute Gasteiger partial charge is 0.207 e. The van der Waals surface area contributed by atoms with Crippen molar-refractivity contribution in [2.45, 2.75) is 23.1 Å². The summed E-state index contributed by atoms with van der Waals surface area (Å²) in [5.41, 5.74) is 0.775. The molecule has 0 atom stereocenters. The second kappa shape index (κ2) is 5.87. The summed E-state index contributed by atoms with van der Waals surface area (Å²) in [7, 11) is 0. The predicted molar refractivity (Wildman–Crippen MR) is 79.1 cm³/mol. The van der Waals surface area contributed by atoms with Crippen molar-refractivity contribution < 1.29 is 4.39 Å². The molecule has 0 aliphatic rings. The molecule has 0 bridgehead atoms. The van der Waals surface area contributed by atoms with Gasteiger partial charge in [0.05, 0.1) is 0 Å². The molecule has 2 rings (SSSR count). The number of rotatable bonds is 3. The van der Waals surface area contributed by atoms with E-state index in [0.717, 1.165) is 21.8 Å². The van der Waals surface area contributed by atoms with E-state index in [1.54, 1.807) is 17.8 Å². The third-order valence-electron chi connectivity index (χ3n) is 2.45. The van der Waals surface area contributed by atoms with Crippen LogP contribution < -0.4 is 0 Å². The van der Waals surface area contributed by atoms with Crippen molar-refractivity contribution in [2.24, 2.45) is 0 Å². The van der Waals surface area contributed by atoms with Gasteiger partial charge in [-0.1, -0.05) is 24.8 Å². The van der Waals surface area contributed by atoms with E-state index in [-0.39, 0.29) is 5.82 Å². The van der Waals surface area contributed by atoms with Gasteiger partial charge < -0.3 is 0 Å². The summed E-state index contributed by atoms with van der Waals surface area (Å²) >= 11 is 3.86. The first kappa shape index (κ1) is 12.9. The number of benzene rings is 2. The van der Waals surface area contributed by atoms with Gasteiger partial charge in [-0.3, -0.25) is 0 Å². The molecule has 3 heteroatoms. The van der Waals surface area contributed by atoms with Crippen LogP contribution in [-0.4, -0.2) is 0 Å². The summed E-state index contributed by atoms with van der Waals surface area (Å²) in [4.78, 5) is 2.08. The molecular formula is C14H12FIS. The summed E-state index contributed by atoms with van der Waals surface area (Å²) in [6.45, 7) is 1.96. The minimum absolute atomic E-state index is 0.108. The first-order chi connectivity index (χ1) is 8.19. The summed E-state index contributed by atoms with van der Waals surface area (Å²) in [6, 6.07) is 13.7. The van der Waals surface area contributed by atoms with Gasteiger partial charge in [-0.05, 0) is 71.0 Å². The van der Waals surface area contributed by atoms with Gasteiger partial charge in [0.15, 0.2) is 0 Å². The molecule has 0 aliphatic carbocycles. The van der Waals surface area contributed by atoms with Crippen molar-refractivity contribution in [3.8, 4) is 0 Å². The van der Waals surface area contributed by atoms with E-state index >= 15 is 0 Å². The van der Waals surface area contributed by atoms with E-state index in [4.69, 9.17) is 0 Å². The fraction of sp³-hybridized carbons (Fsp3) is 0.143. The molecule has 2 aromatic rings. The van der Waals surface area contributed by atoms with Crippen LogP contribution in [0.5, 0.6) is 0 Å². The first-order valence-corrected chi connectivity index (χ1v) is 7.30. The number of hydrogen-bond acceptors (Lipinski definition) is 1. The SMILES string of the molecule is CCc1ccc(Sc2ccc(I)cc2)cc1F. The molecule has 0 aromatic heterocycles. The Morgan fingerprint density at radius 3 is 2.29 bits per heavy atom. The lowest BCUT2D eigenvalue weighted by atomic mass is 10.2. The summed E-state index contributed by atoms with van der Waals surface area (Å²) in [5, 5.41) is 0. The van der Waals surface area contributed by atoms with Gasteiger partial charge in [-0.2, -0.15) is 0 Å². The van der Waals surface area contributed by atoms with Crippen LogP contribution >= 0.6 is 34.4 Å². The van der Waals surface area contributed by atoms with Crippen molar-refractivity contribution in [1.29, 1.82) is 0 Å². The Bertz CT molecular complexity index is 508. The van der Waals surface area contributed by atoms with Gasteiger partial charge in [0.2, 0.25) is 0 Å². The van der Waals surface area contributed by atoms with E-state index in [9.17, 15) is 4.39 Å².